The zero-order chi connectivity index (χ0) is 18.3. The number of hydrogen-bond donors (Lipinski definition) is 2. The van der Waals surface area contributed by atoms with E-state index < -0.39 is 20.8 Å². The van der Waals surface area contributed by atoms with Gasteiger partial charge in [0.2, 0.25) is 0 Å². The van der Waals surface area contributed by atoms with Crippen molar-refractivity contribution in [2.75, 3.05) is 0 Å². The Morgan fingerprint density at radius 1 is 0.960 bits per heavy atom. The van der Waals surface area contributed by atoms with Crippen LogP contribution in [0.1, 0.15) is 44.6 Å². The molecule has 2 rings (SSSR count). The molecule has 2 aromatic carbocycles. The molecule has 0 aromatic heterocycles. The van der Waals surface area contributed by atoms with Gasteiger partial charge in [-0.15, -0.1) is 0 Å². The first-order valence-electron chi connectivity index (χ1n) is 8.48. The molecule has 6 heteroatoms. The van der Waals surface area contributed by atoms with Crippen molar-refractivity contribution in [2.24, 2.45) is 0 Å². The highest BCUT2D eigenvalue weighted by atomic mass is 32.2. The molecule has 2 aromatic rings. The van der Waals surface area contributed by atoms with E-state index in [1.807, 2.05) is 0 Å². The highest BCUT2D eigenvalue weighted by Crippen LogP contribution is 2.38. The van der Waals surface area contributed by atoms with Crippen molar-refractivity contribution in [3.05, 3.63) is 48.0 Å². The first-order valence-corrected chi connectivity index (χ1v) is 9.92. The van der Waals surface area contributed by atoms with Gasteiger partial charge in [-0.25, -0.2) is 0 Å². The van der Waals surface area contributed by atoms with E-state index in [1.54, 1.807) is 36.4 Å². The maximum absolute atomic E-state index is 11.7. The van der Waals surface area contributed by atoms with E-state index in [0.29, 0.717) is 17.7 Å². The highest BCUT2D eigenvalue weighted by molar-refractivity contribution is 7.86. The Bertz CT molecular complexity index is 785. The maximum atomic E-state index is 11.7. The van der Waals surface area contributed by atoms with Crippen molar-refractivity contribution in [1.82, 2.24) is 0 Å². The Morgan fingerprint density at radius 3 is 2.28 bits per heavy atom. The molecule has 0 unspecified atom stereocenters. The van der Waals surface area contributed by atoms with Crippen LogP contribution in [0.2, 0.25) is 0 Å². The van der Waals surface area contributed by atoms with Gasteiger partial charge in [-0.1, -0.05) is 56.9 Å². The van der Waals surface area contributed by atoms with Gasteiger partial charge in [-0.3, -0.25) is 4.55 Å². The molecule has 0 atom stereocenters. The lowest BCUT2D eigenvalue weighted by Crippen LogP contribution is -2.04. The third kappa shape index (κ3) is 5.47. The van der Waals surface area contributed by atoms with Gasteiger partial charge in [-0.05, 0) is 36.6 Å². The smallest absolute Gasteiger partial charge is 0.301 e. The van der Waals surface area contributed by atoms with Crippen LogP contribution in [0.4, 0.5) is 0 Å². The number of hydrogen-bond acceptors (Lipinski definition) is 4. The summed E-state index contributed by atoms with van der Waals surface area (Å²) in [4.78, 5) is -0.581. The summed E-state index contributed by atoms with van der Waals surface area (Å²) in [5.41, 5.74) is 0.490. The van der Waals surface area contributed by atoms with Crippen molar-refractivity contribution >= 4 is 10.1 Å². The first-order chi connectivity index (χ1) is 11.9. The van der Waals surface area contributed by atoms with Gasteiger partial charge < -0.3 is 9.84 Å². The van der Waals surface area contributed by atoms with Crippen molar-refractivity contribution in [3.8, 4) is 17.2 Å². The number of benzene rings is 2. The van der Waals surface area contributed by atoms with E-state index in [0.717, 1.165) is 32.1 Å². The molecule has 2 N–H and O–H groups in total. The summed E-state index contributed by atoms with van der Waals surface area (Å²) in [6, 6.07) is 11.7. The normalized spacial score (nSPS) is 11.4. The van der Waals surface area contributed by atoms with Gasteiger partial charge in [0, 0.05) is 0 Å². The van der Waals surface area contributed by atoms with E-state index in [9.17, 15) is 18.1 Å². The van der Waals surface area contributed by atoms with Gasteiger partial charge in [0.05, 0.1) is 0 Å². The second-order valence-corrected chi connectivity index (χ2v) is 7.31. The van der Waals surface area contributed by atoms with Crippen LogP contribution in [-0.2, 0) is 16.5 Å². The lowest BCUT2D eigenvalue weighted by atomic mass is 10.0. The highest BCUT2D eigenvalue weighted by Gasteiger charge is 2.24. The molecule has 0 aliphatic carbocycles. The van der Waals surface area contributed by atoms with Crippen molar-refractivity contribution in [1.29, 1.82) is 0 Å². The van der Waals surface area contributed by atoms with Crippen molar-refractivity contribution < 1.29 is 22.8 Å². The molecule has 0 aliphatic heterocycles. The molecule has 0 amide bonds. The molecular weight excluding hydrogens is 340 g/mol. The van der Waals surface area contributed by atoms with E-state index in [-0.39, 0.29) is 5.75 Å². The number of unbranched alkanes of at least 4 members (excludes halogenated alkanes) is 4. The Morgan fingerprint density at radius 2 is 1.64 bits per heavy atom. The fourth-order valence-corrected chi connectivity index (χ4v) is 3.40. The summed E-state index contributed by atoms with van der Waals surface area (Å²) < 4.78 is 38.6. The molecule has 5 nitrogen and oxygen atoms in total. The van der Waals surface area contributed by atoms with Gasteiger partial charge in [-0.2, -0.15) is 8.42 Å². The minimum Gasteiger partial charge on any atom is -0.506 e. The monoisotopic (exact) mass is 364 g/mol. The molecule has 0 saturated heterocycles. The molecule has 25 heavy (non-hydrogen) atoms. The van der Waals surface area contributed by atoms with Crippen LogP contribution in [0.5, 0.6) is 17.2 Å². The number of para-hydroxylation sites is 1. The third-order valence-electron chi connectivity index (χ3n) is 3.96. The second-order valence-electron chi connectivity index (χ2n) is 5.95. The molecule has 0 fully saturated rings. The number of phenols is 1. The topological polar surface area (TPSA) is 83.8 Å². The predicted molar refractivity (Wildman–Crippen MR) is 96.9 cm³/mol. The molecule has 0 aliphatic rings. The Hall–Kier alpha value is -2.05. The molecule has 0 bridgehead atoms. The lowest BCUT2D eigenvalue weighted by Gasteiger charge is -2.14. The fourth-order valence-electron chi connectivity index (χ4n) is 2.66. The van der Waals surface area contributed by atoms with Gasteiger partial charge in [0.25, 0.3) is 0 Å². The van der Waals surface area contributed by atoms with E-state index in [1.165, 1.54) is 6.07 Å². The van der Waals surface area contributed by atoms with E-state index in [2.05, 4.69) is 6.92 Å². The van der Waals surface area contributed by atoms with Crippen molar-refractivity contribution in [2.45, 2.75) is 50.3 Å². The van der Waals surface area contributed by atoms with Gasteiger partial charge in [0.1, 0.15) is 11.5 Å². The molecule has 0 heterocycles. The summed E-state index contributed by atoms with van der Waals surface area (Å²) >= 11 is 0. The van der Waals surface area contributed by atoms with Crippen LogP contribution in [0, 0.1) is 0 Å². The zero-order valence-corrected chi connectivity index (χ0v) is 15.1. The molecule has 136 valence electrons. The van der Waals surface area contributed by atoms with Crippen molar-refractivity contribution in [3.63, 3.8) is 0 Å². The summed E-state index contributed by atoms with van der Waals surface area (Å²) in [7, 11) is -4.62. The number of rotatable bonds is 9. The molecule has 0 radical (unpaired) electrons. The van der Waals surface area contributed by atoms with Crippen LogP contribution in [-0.4, -0.2) is 18.1 Å². The number of aromatic hydroxyl groups is 1. The Labute approximate surface area is 149 Å². The van der Waals surface area contributed by atoms with E-state index >= 15 is 0 Å². The standard InChI is InChI=1S/C19H24O5S/c1-2-3-4-5-7-10-15-13-14-17(19(18(15)20)25(21,22)23)24-16-11-8-6-9-12-16/h6,8-9,11-14,20H,2-5,7,10H2,1H3,(H,21,22,23). The quantitative estimate of drug-likeness (QED) is 0.486. The fraction of sp³-hybridized carbons (Fsp3) is 0.368. The second kappa shape index (κ2) is 8.87. The molecular formula is C19H24O5S. The van der Waals surface area contributed by atoms with Crippen LogP contribution in [0.15, 0.2) is 47.4 Å². The molecule has 0 spiro atoms. The average molecular weight is 364 g/mol. The summed E-state index contributed by atoms with van der Waals surface area (Å²) in [5, 5.41) is 10.4. The van der Waals surface area contributed by atoms with E-state index in [4.69, 9.17) is 4.74 Å². The minimum atomic E-state index is -4.62. The largest absolute Gasteiger partial charge is 0.506 e. The lowest BCUT2D eigenvalue weighted by molar-refractivity contribution is 0.410. The Balaban J connectivity index is 2.25. The summed E-state index contributed by atoms with van der Waals surface area (Å²) in [6.45, 7) is 2.13. The molecule has 0 saturated carbocycles. The Kier molecular flexibility index (Phi) is 6.84. The summed E-state index contributed by atoms with van der Waals surface area (Å²) in [6.07, 6.45) is 5.81. The van der Waals surface area contributed by atoms with Crippen LogP contribution < -0.4 is 4.74 Å². The maximum Gasteiger partial charge on any atom is 0.301 e. The first kappa shape index (κ1) is 19.3. The minimum absolute atomic E-state index is 0.0964. The van der Waals surface area contributed by atoms with Crippen LogP contribution in [0.3, 0.4) is 0 Å². The van der Waals surface area contributed by atoms with Crippen LogP contribution in [0.25, 0.3) is 0 Å². The number of aryl methyl sites for hydroxylation is 1. The number of phenolic OH excluding ortho intramolecular Hbond substituents is 1. The van der Waals surface area contributed by atoms with Gasteiger partial charge in [0.15, 0.2) is 10.6 Å². The van der Waals surface area contributed by atoms with Gasteiger partial charge >= 0.3 is 10.1 Å². The predicted octanol–water partition coefficient (Wildman–Crippen LogP) is 4.94. The summed E-state index contributed by atoms with van der Waals surface area (Å²) in [5.74, 6) is -0.119. The van der Waals surface area contributed by atoms with Crippen LogP contribution >= 0.6 is 0 Å². The third-order valence-corrected chi connectivity index (χ3v) is 4.87. The number of ether oxygens (including phenoxy) is 1. The average Bonchev–Trinajstić information content (AvgIpc) is 2.56. The SMILES string of the molecule is CCCCCCCc1ccc(Oc2ccccc2)c(S(=O)(=O)O)c1O. The zero-order valence-electron chi connectivity index (χ0n) is 14.3.